The summed E-state index contributed by atoms with van der Waals surface area (Å²) in [6.45, 7) is 5.12. The van der Waals surface area contributed by atoms with E-state index in [-0.39, 0.29) is 6.16 Å². The van der Waals surface area contributed by atoms with Crippen molar-refractivity contribution >= 4 is 13.6 Å². The highest BCUT2D eigenvalue weighted by molar-refractivity contribution is 7.54. The predicted molar refractivity (Wildman–Crippen MR) is 103 cm³/mol. The van der Waals surface area contributed by atoms with Gasteiger partial charge in [0.25, 0.3) is 0 Å². The molecule has 0 saturated heterocycles. The van der Waals surface area contributed by atoms with Gasteiger partial charge in [-0.3, -0.25) is 9.36 Å². The number of carbonyl (C=O) groups is 1. The van der Waals surface area contributed by atoms with Crippen LogP contribution in [0.3, 0.4) is 0 Å². The first-order chi connectivity index (χ1) is 12.1. The SMILES string of the molecule is CCCCCCCCOP(=O)(CC(=O)OC)OCCCCCCCC. The van der Waals surface area contributed by atoms with Crippen LogP contribution in [-0.4, -0.2) is 32.5 Å². The van der Waals surface area contributed by atoms with Gasteiger partial charge in [-0.15, -0.1) is 0 Å². The van der Waals surface area contributed by atoms with Crippen molar-refractivity contribution in [3.8, 4) is 0 Å². The molecule has 0 atom stereocenters. The Balaban J connectivity index is 4.03. The molecular weight excluding hydrogens is 339 g/mol. The van der Waals surface area contributed by atoms with Crippen LogP contribution < -0.4 is 0 Å². The average molecular weight is 378 g/mol. The van der Waals surface area contributed by atoms with Crippen molar-refractivity contribution in [1.29, 1.82) is 0 Å². The Bertz CT molecular complexity index is 338. The van der Waals surface area contributed by atoms with Crippen LogP contribution >= 0.6 is 7.60 Å². The topological polar surface area (TPSA) is 61.8 Å². The fraction of sp³-hybridized carbons (Fsp3) is 0.947. The zero-order chi connectivity index (χ0) is 18.8. The maximum absolute atomic E-state index is 12.7. The molecule has 5 nitrogen and oxygen atoms in total. The third-order valence-corrected chi connectivity index (χ3v) is 5.92. The fourth-order valence-corrected chi connectivity index (χ4v) is 4.04. The number of carbonyl (C=O) groups excluding carboxylic acids is 1. The number of hydrogen-bond donors (Lipinski definition) is 0. The molecule has 0 rings (SSSR count). The summed E-state index contributed by atoms with van der Waals surface area (Å²) in [5.74, 6) is -0.547. The van der Waals surface area contributed by atoms with Gasteiger partial charge < -0.3 is 13.8 Å². The third kappa shape index (κ3) is 15.6. The van der Waals surface area contributed by atoms with Crippen LogP contribution in [-0.2, 0) is 23.1 Å². The summed E-state index contributed by atoms with van der Waals surface area (Å²) >= 11 is 0. The van der Waals surface area contributed by atoms with Gasteiger partial charge in [-0.25, -0.2) is 0 Å². The Hall–Kier alpha value is -0.380. The second kappa shape index (κ2) is 17.1. The molecule has 0 aromatic heterocycles. The molecule has 0 bridgehead atoms. The highest BCUT2D eigenvalue weighted by Crippen LogP contribution is 2.48. The molecule has 150 valence electrons. The third-order valence-electron chi connectivity index (χ3n) is 4.12. The first kappa shape index (κ1) is 24.6. The largest absolute Gasteiger partial charge is 0.469 e. The van der Waals surface area contributed by atoms with Crippen LogP contribution in [0.5, 0.6) is 0 Å². The maximum Gasteiger partial charge on any atom is 0.341 e. The van der Waals surface area contributed by atoms with Gasteiger partial charge in [-0.2, -0.15) is 0 Å². The minimum atomic E-state index is -3.39. The minimum absolute atomic E-state index is 0.296. The van der Waals surface area contributed by atoms with E-state index in [1.165, 1.54) is 45.6 Å². The van der Waals surface area contributed by atoms with Crippen molar-refractivity contribution in [2.24, 2.45) is 0 Å². The van der Waals surface area contributed by atoms with Gasteiger partial charge in [0.2, 0.25) is 0 Å². The zero-order valence-electron chi connectivity index (χ0n) is 16.6. The summed E-state index contributed by atoms with van der Waals surface area (Å²) in [5.41, 5.74) is 0. The predicted octanol–water partition coefficient (Wildman–Crippen LogP) is 6.11. The van der Waals surface area contributed by atoms with Crippen LogP contribution in [0.15, 0.2) is 0 Å². The highest BCUT2D eigenvalue weighted by Gasteiger charge is 2.28. The fourth-order valence-electron chi connectivity index (χ4n) is 2.52. The van der Waals surface area contributed by atoms with Gasteiger partial charge in [-0.1, -0.05) is 78.1 Å². The molecule has 0 aliphatic carbocycles. The molecule has 0 N–H and O–H groups in total. The minimum Gasteiger partial charge on any atom is -0.469 e. The number of rotatable bonds is 18. The molecule has 0 heterocycles. The van der Waals surface area contributed by atoms with E-state index < -0.39 is 13.6 Å². The Morgan fingerprint density at radius 1 is 0.720 bits per heavy atom. The van der Waals surface area contributed by atoms with E-state index in [1.54, 1.807) is 0 Å². The molecule has 0 aromatic carbocycles. The van der Waals surface area contributed by atoms with Crippen LogP contribution in [0.2, 0.25) is 0 Å². The second-order valence-corrected chi connectivity index (χ2v) is 8.60. The van der Waals surface area contributed by atoms with E-state index in [0.29, 0.717) is 13.2 Å². The van der Waals surface area contributed by atoms with E-state index in [1.807, 2.05) is 0 Å². The molecule has 25 heavy (non-hydrogen) atoms. The maximum atomic E-state index is 12.7. The zero-order valence-corrected chi connectivity index (χ0v) is 17.5. The van der Waals surface area contributed by atoms with Gasteiger partial charge in [0, 0.05) is 0 Å². The van der Waals surface area contributed by atoms with Gasteiger partial charge in [0.1, 0.15) is 6.16 Å². The molecule has 0 aromatic rings. The number of hydrogen-bond acceptors (Lipinski definition) is 5. The van der Waals surface area contributed by atoms with Crippen molar-refractivity contribution in [3.05, 3.63) is 0 Å². The van der Waals surface area contributed by atoms with E-state index in [2.05, 4.69) is 18.6 Å². The Labute approximate surface area is 154 Å². The van der Waals surface area contributed by atoms with Crippen molar-refractivity contribution in [2.45, 2.75) is 90.9 Å². The standard InChI is InChI=1S/C19H39O5P/c1-4-6-8-10-12-14-16-23-25(21,18-19(20)22-3)24-17-15-13-11-9-7-5-2/h4-18H2,1-3H3. The van der Waals surface area contributed by atoms with Crippen molar-refractivity contribution in [2.75, 3.05) is 26.5 Å². The lowest BCUT2D eigenvalue weighted by Gasteiger charge is -2.17. The first-order valence-corrected chi connectivity index (χ1v) is 11.8. The number of ether oxygens (including phenoxy) is 1. The lowest BCUT2D eigenvalue weighted by molar-refractivity contribution is -0.137. The number of methoxy groups -OCH3 is 1. The number of unbranched alkanes of at least 4 members (excludes halogenated alkanes) is 10. The van der Waals surface area contributed by atoms with Crippen molar-refractivity contribution in [1.82, 2.24) is 0 Å². The summed E-state index contributed by atoms with van der Waals surface area (Å²) < 4.78 is 28.3. The van der Waals surface area contributed by atoms with Crippen molar-refractivity contribution in [3.63, 3.8) is 0 Å². The molecule has 0 amide bonds. The first-order valence-electron chi connectivity index (χ1n) is 10.0. The summed E-state index contributed by atoms with van der Waals surface area (Å²) in [6, 6.07) is 0. The van der Waals surface area contributed by atoms with Gasteiger partial charge in [0.15, 0.2) is 0 Å². The lowest BCUT2D eigenvalue weighted by Crippen LogP contribution is -2.12. The highest BCUT2D eigenvalue weighted by atomic mass is 31.2. The van der Waals surface area contributed by atoms with Crippen LogP contribution in [0.1, 0.15) is 90.9 Å². The van der Waals surface area contributed by atoms with Crippen LogP contribution in [0, 0.1) is 0 Å². The average Bonchev–Trinajstić information content (AvgIpc) is 2.60. The Kier molecular flexibility index (Phi) is 16.8. The molecule has 0 spiro atoms. The molecule has 0 aliphatic heterocycles. The van der Waals surface area contributed by atoms with Gasteiger partial charge in [0.05, 0.1) is 20.3 Å². The van der Waals surface area contributed by atoms with Crippen LogP contribution in [0.25, 0.3) is 0 Å². The van der Waals surface area contributed by atoms with Gasteiger partial charge >= 0.3 is 13.6 Å². The number of esters is 1. The van der Waals surface area contributed by atoms with E-state index in [4.69, 9.17) is 9.05 Å². The summed E-state index contributed by atoms with van der Waals surface area (Å²) in [4.78, 5) is 11.5. The summed E-state index contributed by atoms with van der Waals surface area (Å²) in [5, 5.41) is 0. The Morgan fingerprint density at radius 2 is 1.12 bits per heavy atom. The van der Waals surface area contributed by atoms with Gasteiger partial charge in [-0.05, 0) is 12.8 Å². The molecule has 0 radical (unpaired) electrons. The lowest BCUT2D eigenvalue weighted by atomic mass is 10.1. The Morgan fingerprint density at radius 3 is 1.52 bits per heavy atom. The van der Waals surface area contributed by atoms with E-state index >= 15 is 0 Å². The molecule has 0 aliphatic rings. The summed E-state index contributed by atoms with van der Waals surface area (Å²) in [7, 11) is -2.10. The molecule has 6 heteroatoms. The van der Waals surface area contributed by atoms with E-state index in [9.17, 15) is 9.36 Å². The van der Waals surface area contributed by atoms with Crippen LogP contribution in [0.4, 0.5) is 0 Å². The smallest absolute Gasteiger partial charge is 0.341 e. The normalized spacial score (nSPS) is 11.6. The second-order valence-electron chi connectivity index (χ2n) is 6.55. The molecule has 0 saturated carbocycles. The molecule has 0 fully saturated rings. The monoisotopic (exact) mass is 378 g/mol. The molecule has 0 unspecified atom stereocenters. The summed E-state index contributed by atoms with van der Waals surface area (Å²) in [6.07, 6.45) is 13.2. The van der Waals surface area contributed by atoms with Crippen molar-refractivity contribution < 1.29 is 23.1 Å². The quantitative estimate of drug-likeness (QED) is 0.164. The van der Waals surface area contributed by atoms with E-state index in [0.717, 1.165) is 38.5 Å². The molecular formula is C19H39O5P.